The number of rotatable bonds is 9. The van der Waals surface area contributed by atoms with Crippen LogP contribution < -0.4 is 19.1 Å². The van der Waals surface area contributed by atoms with E-state index in [0.717, 1.165) is 4.90 Å². The van der Waals surface area contributed by atoms with Crippen molar-refractivity contribution in [3.8, 4) is 28.6 Å². The summed E-state index contributed by atoms with van der Waals surface area (Å²) in [5, 5.41) is 13.5. The number of nitrogens with zero attached hydrogens (tertiary/aromatic N) is 6. The zero-order valence-electron chi connectivity index (χ0n) is 20.0. The first-order chi connectivity index (χ1) is 17.5. The van der Waals surface area contributed by atoms with Crippen LogP contribution in [-0.2, 0) is 16.1 Å². The summed E-state index contributed by atoms with van der Waals surface area (Å²) >= 11 is 0. The molecule has 0 radical (unpaired) electrons. The lowest BCUT2D eigenvalue weighted by molar-refractivity contribution is -0.123. The Kier molecular flexibility index (Phi) is 6.23. The van der Waals surface area contributed by atoms with Gasteiger partial charge in [0.15, 0.2) is 23.6 Å². The second-order valence-electron chi connectivity index (χ2n) is 7.94. The van der Waals surface area contributed by atoms with Gasteiger partial charge in [0.05, 0.1) is 26.0 Å². The maximum Gasteiger partial charge on any atom is 0.263 e. The van der Waals surface area contributed by atoms with Crippen molar-refractivity contribution in [1.82, 2.24) is 15.1 Å². The molecule has 12 nitrogen and oxygen atoms in total. The minimum atomic E-state index is -0.929. The van der Waals surface area contributed by atoms with Crippen molar-refractivity contribution in [2.45, 2.75) is 32.5 Å². The molecule has 2 atom stereocenters. The van der Waals surface area contributed by atoms with E-state index in [4.69, 9.17) is 18.7 Å². The van der Waals surface area contributed by atoms with Gasteiger partial charge < -0.3 is 18.7 Å². The van der Waals surface area contributed by atoms with Crippen LogP contribution in [0, 0.1) is 0 Å². The van der Waals surface area contributed by atoms with Crippen molar-refractivity contribution in [3.05, 3.63) is 48.4 Å². The van der Waals surface area contributed by atoms with Crippen molar-refractivity contribution in [1.29, 1.82) is 0 Å². The maximum atomic E-state index is 13.2. The number of hydrogen-bond acceptors (Lipinski definition) is 11. The highest BCUT2D eigenvalue weighted by Gasteiger charge is 2.55. The molecule has 0 aliphatic carbocycles. The van der Waals surface area contributed by atoms with Gasteiger partial charge in [0.1, 0.15) is 12.3 Å². The maximum absolute atomic E-state index is 13.2. The number of fused-ring (bicyclic) bond motifs is 1. The van der Waals surface area contributed by atoms with Gasteiger partial charge in [0.2, 0.25) is 11.7 Å². The molecule has 186 valence electrons. The van der Waals surface area contributed by atoms with E-state index in [9.17, 15) is 9.59 Å². The van der Waals surface area contributed by atoms with Gasteiger partial charge in [-0.15, -0.1) is 0 Å². The molecule has 2 unspecified atom stereocenters. The van der Waals surface area contributed by atoms with Crippen LogP contribution in [-0.4, -0.2) is 59.4 Å². The Bertz CT molecular complexity index is 1310. The average molecular weight is 492 g/mol. The Morgan fingerprint density at radius 3 is 2.47 bits per heavy atom. The highest BCUT2D eigenvalue weighted by atomic mass is 16.5. The fourth-order valence-electron chi connectivity index (χ4n) is 4.12. The molecular formula is C24H24N6O6. The van der Waals surface area contributed by atoms with E-state index in [0.29, 0.717) is 47.5 Å². The summed E-state index contributed by atoms with van der Waals surface area (Å²) in [7, 11) is 1.55. The number of hydrogen-bond donors (Lipinski definition) is 0. The van der Waals surface area contributed by atoms with Gasteiger partial charge in [-0.25, -0.2) is 4.90 Å². The van der Waals surface area contributed by atoms with Gasteiger partial charge in [-0.1, -0.05) is 10.4 Å². The van der Waals surface area contributed by atoms with Gasteiger partial charge in [-0.05, 0) is 56.3 Å². The molecule has 0 N–H and O–H groups in total. The fourth-order valence-corrected chi connectivity index (χ4v) is 4.12. The molecule has 5 rings (SSSR count). The van der Waals surface area contributed by atoms with E-state index in [1.807, 2.05) is 13.8 Å². The lowest BCUT2D eigenvalue weighted by Crippen LogP contribution is -2.39. The third kappa shape index (κ3) is 4.10. The minimum Gasteiger partial charge on any atom is -0.494 e. The van der Waals surface area contributed by atoms with E-state index in [2.05, 4.69) is 20.5 Å². The summed E-state index contributed by atoms with van der Waals surface area (Å²) in [6.07, 6.45) is 0. The first-order valence-electron chi connectivity index (χ1n) is 11.5. The predicted molar refractivity (Wildman–Crippen MR) is 126 cm³/mol. The summed E-state index contributed by atoms with van der Waals surface area (Å²) in [5.74, 6) is 1.50. The van der Waals surface area contributed by atoms with Crippen LogP contribution in [0.4, 0.5) is 5.69 Å². The van der Waals surface area contributed by atoms with Gasteiger partial charge in [0.25, 0.3) is 11.8 Å². The third-order valence-corrected chi connectivity index (χ3v) is 5.75. The summed E-state index contributed by atoms with van der Waals surface area (Å²) < 4.78 is 21.7. The van der Waals surface area contributed by atoms with Crippen LogP contribution in [0.25, 0.3) is 11.4 Å². The Morgan fingerprint density at radius 1 is 0.972 bits per heavy atom. The zero-order chi connectivity index (χ0) is 25.2. The molecule has 36 heavy (non-hydrogen) atoms. The van der Waals surface area contributed by atoms with Crippen LogP contribution >= 0.6 is 0 Å². The van der Waals surface area contributed by atoms with Crippen molar-refractivity contribution < 1.29 is 28.3 Å². The van der Waals surface area contributed by atoms with E-state index in [1.165, 1.54) is 5.01 Å². The summed E-state index contributed by atoms with van der Waals surface area (Å²) in [6.45, 7) is 4.81. The first kappa shape index (κ1) is 23.3. The predicted octanol–water partition coefficient (Wildman–Crippen LogP) is 3.04. The third-order valence-electron chi connectivity index (χ3n) is 5.75. The monoisotopic (exact) mass is 492 g/mol. The van der Waals surface area contributed by atoms with Crippen molar-refractivity contribution in [3.63, 3.8) is 0 Å². The zero-order valence-corrected chi connectivity index (χ0v) is 20.0. The van der Waals surface area contributed by atoms with Gasteiger partial charge in [-0.2, -0.15) is 10.1 Å². The molecule has 2 aliphatic rings. The standard InChI is InChI=1S/C24H24N6O6/c1-4-34-16-9-7-15(8-10-16)30-23(31)20-21(24(30)32)29(28-26-20)13-19-25-22(27-36-19)14-6-11-17(35-5-2)18(12-14)33-3/h6-12,20-21H,4-5,13H2,1-3H3. The lowest BCUT2D eigenvalue weighted by atomic mass is 10.1. The molecule has 1 aromatic heterocycles. The number of imide groups is 1. The molecule has 1 fully saturated rings. The van der Waals surface area contributed by atoms with Gasteiger partial charge >= 0.3 is 0 Å². The van der Waals surface area contributed by atoms with E-state index >= 15 is 0 Å². The Morgan fingerprint density at radius 2 is 1.75 bits per heavy atom. The molecular weight excluding hydrogens is 468 g/mol. The molecule has 2 amide bonds. The fraction of sp³-hybridized carbons (Fsp3) is 0.333. The molecule has 1 saturated heterocycles. The van der Waals surface area contributed by atoms with Crippen LogP contribution in [0.2, 0.25) is 0 Å². The second-order valence-corrected chi connectivity index (χ2v) is 7.94. The van der Waals surface area contributed by atoms with Gasteiger partial charge in [-0.3, -0.25) is 14.6 Å². The van der Waals surface area contributed by atoms with Gasteiger partial charge in [0, 0.05) is 5.56 Å². The molecule has 0 spiro atoms. The first-order valence-corrected chi connectivity index (χ1v) is 11.5. The smallest absolute Gasteiger partial charge is 0.263 e. The van der Waals surface area contributed by atoms with Crippen molar-refractivity contribution >= 4 is 17.5 Å². The van der Waals surface area contributed by atoms with E-state index < -0.39 is 23.9 Å². The van der Waals surface area contributed by atoms with E-state index in [-0.39, 0.29) is 12.4 Å². The molecule has 3 heterocycles. The Balaban J connectivity index is 1.31. The number of ether oxygens (including phenoxy) is 3. The van der Waals surface area contributed by atoms with Crippen LogP contribution in [0.15, 0.2) is 57.3 Å². The Labute approximate surface area is 206 Å². The largest absolute Gasteiger partial charge is 0.494 e. The molecule has 2 aliphatic heterocycles. The number of amides is 2. The summed E-state index contributed by atoms with van der Waals surface area (Å²) in [4.78, 5) is 31.7. The highest BCUT2D eigenvalue weighted by molar-refractivity contribution is 6.25. The number of carbonyl (C=O) groups is 2. The summed E-state index contributed by atoms with van der Waals surface area (Å²) in [5.41, 5.74) is 1.11. The molecule has 12 heteroatoms. The van der Waals surface area contributed by atoms with Crippen molar-refractivity contribution in [2.24, 2.45) is 10.3 Å². The van der Waals surface area contributed by atoms with Crippen LogP contribution in [0.5, 0.6) is 17.2 Å². The number of anilines is 1. The minimum absolute atomic E-state index is 0.0158. The lowest BCUT2D eigenvalue weighted by Gasteiger charge is -2.19. The van der Waals surface area contributed by atoms with Crippen LogP contribution in [0.3, 0.4) is 0 Å². The Hall–Kier alpha value is -4.48. The molecule has 3 aromatic rings. The number of aromatic nitrogens is 2. The summed E-state index contributed by atoms with van der Waals surface area (Å²) in [6, 6.07) is 10.3. The molecule has 0 bridgehead atoms. The molecule has 2 aromatic carbocycles. The normalized spacial score (nSPS) is 18.6. The number of methoxy groups -OCH3 is 1. The second kappa shape index (κ2) is 9.64. The molecule has 0 saturated carbocycles. The van der Waals surface area contributed by atoms with E-state index in [1.54, 1.807) is 49.6 Å². The topological polar surface area (TPSA) is 132 Å². The highest BCUT2D eigenvalue weighted by Crippen LogP contribution is 2.34. The van der Waals surface area contributed by atoms with Crippen molar-refractivity contribution in [2.75, 3.05) is 25.2 Å². The quantitative estimate of drug-likeness (QED) is 0.413. The number of carbonyl (C=O) groups excluding carboxylic acids is 2. The average Bonchev–Trinajstić information content (AvgIpc) is 3.58. The number of benzene rings is 2. The SMILES string of the molecule is CCOc1ccc(N2C(=O)C3N=NN(Cc4nc(-c5ccc(OCC)c(OC)c5)no4)C3C2=O)cc1. The van der Waals surface area contributed by atoms with Crippen LogP contribution in [0.1, 0.15) is 19.7 Å².